The Morgan fingerprint density at radius 3 is 1.68 bits per heavy atom. The van der Waals surface area contributed by atoms with Gasteiger partial charge in [-0.1, -0.05) is 24.4 Å². The molecule has 2 aliphatic rings. The van der Waals surface area contributed by atoms with Gasteiger partial charge >= 0.3 is 0 Å². The summed E-state index contributed by atoms with van der Waals surface area (Å²) in [5, 5.41) is 0. The van der Waals surface area contributed by atoms with E-state index >= 15 is 0 Å². The minimum absolute atomic E-state index is 0.155. The minimum Gasteiger partial charge on any atom is -0.378 e. The zero-order valence-corrected chi connectivity index (χ0v) is 23.8. The number of pyridine rings is 2. The van der Waals surface area contributed by atoms with Crippen LogP contribution >= 0.6 is 71.3 Å². The Balaban J connectivity index is 1.63. The third-order valence-corrected chi connectivity index (χ3v) is 9.92. The van der Waals surface area contributed by atoms with Crippen LogP contribution in [-0.4, -0.2) is 83.9 Å². The van der Waals surface area contributed by atoms with E-state index in [0.29, 0.717) is 13.2 Å². The molecule has 2 aliphatic heterocycles. The molecule has 2 saturated heterocycles. The Kier molecular flexibility index (Phi) is 10.7. The highest BCUT2D eigenvalue weighted by Gasteiger charge is 2.29. The van der Waals surface area contributed by atoms with Gasteiger partial charge in [-0.25, -0.2) is 0 Å². The predicted octanol–water partition coefficient (Wildman–Crippen LogP) is 5.21. The SMILES string of the molecule is S=c1[nH]ccc(C2COCCN2CCS)c1SSc1c(C2COCCN2CCS)cc[nH]c1=S. The minimum atomic E-state index is 0.155. The number of rotatable bonds is 9. The van der Waals surface area contributed by atoms with Crippen LogP contribution in [0.4, 0.5) is 0 Å². The predicted molar refractivity (Wildman–Crippen MR) is 153 cm³/mol. The van der Waals surface area contributed by atoms with Crippen LogP contribution in [0.3, 0.4) is 0 Å². The number of hydrogen-bond acceptors (Lipinski definition) is 10. The van der Waals surface area contributed by atoms with Gasteiger partial charge < -0.3 is 19.4 Å². The lowest BCUT2D eigenvalue weighted by Gasteiger charge is -2.36. The van der Waals surface area contributed by atoms with Gasteiger partial charge in [0.2, 0.25) is 0 Å². The van der Waals surface area contributed by atoms with E-state index in [9.17, 15) is 0 Å². The summed E-state index contributed by atoms with van der Waals surface area (Å²) in [5.41, 5.74) is 2.38. The summed E-state index contributed by atoms with van der Waals surface area (Å²) in [5.74, 6) is 1.62. The summed E-state index contributed by atoms with van der Waals surface area (Å²) in [6.45, 7) is 6.41. The van der Waals surface area contributed by atoms with Crippen LogP contribution in [0.1, 0.15) is 23.2 Å². The molecule has 34 heavy (non-hydrogen) atoms. The van der Waals surface area contributed by atoms with Crippen LogP contribution in [0.15, 0.2) is 34.3 Å². The van der Waals surface area contributed by atoms with Crippen LogP contribution in [0.25, 0.3) is 0 Å². The van der Waals surface area contributed by atoms with Crippen molar-refractivity contribution in [1.82, 2.24) is 19.8 Å². The number of H-pyrrole nitrogens is 2. The first-order valence-electron chi connectivity index (χ1n) is 11.3. The van der Waals surface area contributed by atoms with Crippen LogP contribution in [-0.2, 0) is 9.47 Å². The standard InChI is InChI=1S/C22H30N4O2S6/c29-11-7-25-5-9-27-13-17(25)15-1-3-23-21(31)19(15)33-34-20-16(2-4-24-22(20)32)18-14-28-10-6-26(18)8-12-30/h1-4,17-18,29-30H,5-14H2,(H,23,31)(H,24,32). The molecule has 0 aliphatic carbocycles. The molecule has 4 rings (SSSR count). The van der Waals surface area contributed by atoms with E-state index in [-0.39, 0.29) is 12.1 Å². The zero-order valence-electron chi connectivity index (χ0n) is 18.8. The van der Waals surface area contributed by atoms with Gasteiger partial charge in [-0.3, -0.25) is 9.80 Å². The molecular formula is C22H30N4O2S6. The Hall–Kier alpha value is -0.0200. The number of morpholine rings is 2. The molecule has 2 atom stereocenters. The lowest BCUT2D eigenvalue weighted by atomic mass is 10.1. The number of ether oxygens (including phenoxy) is 2. The van der Waals surface area contributed by atoms with Crippen molar-refractivity contribution in [3.8, 4) is 0 Å². The Morgan fingerprint density at radius 1 is 0.824 bits per heavy atom. The van der Waals surface area contributed by atoms with E-state index in [0.717, 1.165) is 70.0 Å². The number of nitrogens with zero attached hydrogens (tertiary/aromatic N) is 2. The lowest BCUT2D eigenvalue weighted by molar-refractivity contribution is -0.00620. The molecule has 2 fully saturated rings. The summed E-state index contributed by atoms with van der Waals surface area (Å²) in [7, 11) is 3.33. The third-order valence-electron chi connectivity index (χ3n) is 6.07. The van der Waals surface area contributed by atoms with Crippen molar-refractivity contribution >= 4 is 71.3 Å². The summed E-state index contributed by atoms with van der Waals surface area (Å²) < 4.78 is 13.2. The smallest absolute Gasteiger partial charge is 0.118 e. The molecule has 2 aromatic rings. The first kappa shape index (κ1) is 27.0. The van der Waals surface area contributed by atoms with Crippen molar-refractivity contribution in [2.24, 2.45) is 0 Å². The fourth-order valence-electron chi connectivity index (χ4n) is 4.38. The van der Waals surface area contributed by atoms with Crippen molar-refractivity contribution in [2.45, 2.75) is 21.9 Å². The van der Waals surface area contributed by atoms with Gasteiger partial charge in [0.25, 0.3) is 0 Å². The van der Waals surface area contributed by atoms with E-state index in [1.54, 1.807) is 21.6 Å². The van der Waals surface area contributed by atoms with Crippen LogP contribution in [0.2, 0.25) is 0 Å². The lowest BCUT2D eigenvalue weighted by Crippen LogP contribution is -2.40. The second kappa shape index (κ2) is 13.5. The van der Waals surface area contributed by atoms with Crippen molar-refractivity contribution in [3.05, 3.63) is 44.9 Å². The molecule has 2 unspecified atom stereocenters. The fraction of sp³-hybridized carbons (Fsp3) is 0.545. The normalized spacial score (nSPS) is 22.2. The highest BCUT2D eigenvalue weighted by molar-refractivity contribution is 8.76. The molecule has 0 bridgehead atoms. The number of aromatic amines is 2. The molecule has 12 heteroatoms. The average Bonchev–Trinajstić information content (AvgIpc) is 2.85. The van der Waals surface area contributed by atoms with E-state index in [1.165, 1.54) is 11.1 Å². The number of hydrogen-bond donors (Lipinski definition) is 4. The zero-order chi connectivity index (χ0) is 23.9. The molecule has 4 heterocycles. The molecular weight excluding hydrogens is 545 g/mol. The molecule has 0 aromatic carbocycles. The Morgan fingerprint density at radius 2 is 1.26 bits per heavy atom. The monoisotopic (exact) mass is 574 g/mol. The highest BCUT2D eigenvalue weighted by atomic mass is 33.1. The second-order valence-electron chi connectivity index (χ2n) is 8.05. The molecule has 0 saturated carbocycles. The third kappa shape index (κ3) is 6.45. The summed E-state index contributed by atoms with van der Waals surface area (Å²) in [6.07, 6.45) is 3.85. The quantitative estimate of drug-likeness (QED) is 0.185. The second-order valence-corrected chi connectivity index (χ2v) is 11.9. The van der Waals surface area contributed by atoms with Crippen LogP contribution in [0, 0.1) is 9.28 Å². The van der Waals surface area contributed by atoms with E-state index in [1.807, 2.05) is 12.4 Å². The Labute approximate surface area is 230 Å². The fourth-order valence-corrected chi connectivity index (χ4v) is 8.45. The number of nitrogens with one attached hydrogen (secondary N) is 2. The summed E-state index contributed by atoms with van der Waals surface area (Å²) in [4.78, 5) is 13.4. The van der Waals surface area contributed by atoms with Gasteiger partial charge in [-0.05, 0) is 44.8 Å². The van der Waals surface area contributed by atoms with Gasteiger partial charge in [0.1, 0.15) is 9.28 Å². The molecule has 2 aromatic heterocycles. The van der Waals surface area contributed by atoms with Gasteiger partial charge in [0.15, 0.2) is 0 Å². The van der Waals surface area contributed by atoms with Crippen molar-refractivity contribution in [3.63, 3.8) is 0 Å². The largest absolute Gasteiger partial charge is 0.378 e. The topological polar surface area (TPSA) is 56.5 Å². The van der Waals surface area contributed by atoms with E-state index in [4.69, 9.17) is 33.9 Å². The van der Waals surface area contributed by atoms with E-state index < -0.39 is 0 Å². The van der Waals surface area contributed by atoms with Gasteiger partial charge in [0, 0.05) is 50.1 Å². The average molecular weight is 575 g/mol. The number of aromatic nitrogens is 2. The van der Waals surface area contributed by atoms with Crippen LogP contribution in [0.5, 0.6) is 0 Å². The van der Waals surface area contributed by atoms with Gasteiger partial charge in [-0.2, -0.15) is 25.3 Å². The number of thiol groups is 2. The molecule has 0 radical (unpaired) electrons. The maximum Gasteiger partial charge on any atom is 0.118 e. The van der Waals surface area contributed by atoms with Crippen molar-refractivity contribution in [2.75, 3.05) is 64.1 Å². The van der Waals surface area contributed by atoms with Gasteiger partial charge in [-0.15, -0.1) is 0 Å². The van der Waals surface area contributed by atoms with Crippen LogP contribution < -0.4 is 0 Å². The first-order chi connectivity index (χ1) is 16.6. The first-order valence-corrected chi connectivity index (χ1v) is 15.5. The molecule has 0 amide bonds. The van der Waals surface area contributed by atoms with Crippen molar-refractivity contribution < 1.29 is 9.47 Å². The summed E-state index contributed by atoms with van der Waals surface area (Å²) >= 11 is 20.4. The van der Waals surface area contributed by atoms with E-state index in [2.05, 4.69) is 57.2 Å². The highest BCUT2D eigenvalue weighted by Crippen LogP contribution is 2.45. The molecule has 0 spiro atoms. The molecule has 186 valence electrons. The van der Waals surface area contributed by atoms with Crippen molar-refractivity contribution in [1.29, 1.82) is 0 Å². The maximum absolute atomic E-state index is 5.85. The van der Waals surface area contributed by atoms with Gasteiger partial charge in [0.05, 0.1) is 48.3 Å². The maximum atomic E-state index is 5.85. The molecule has 2 N–H and O–H groups in total. The molecule has 6 nitrogen and oxygen atoms in total. The Bertz CT molecular complexity index is 977. The summed E-state index contributed by atoms with van der Waals surface area (Å²) in [6, 6.07) is 4.56.